The van der Waals surface area contributed by atoms with Crippen molar-refractivity contribution in [2.24, 2.45) is 5.92 Å². The second-order valence-electron chi connectivity index (χ2n) is 5.67. The number of carbonyl (C=O) groups excluding carboxylic acids is 2. The molecule has 6 nitrogen and oxygen atoms in total. The Morgan fingerprint density at radius 1 is 1.05 bits per heavy atom. The number of amides is 2. The van der Waals surface area contributed by atoms with Gasteiger partial charge in [0.2, 0.25) is 11.8 Å². The van der Waals surface area contributed by atoms with Gasteiger partial charge in [0.1, 0.15) is 12.1 Å². The Kier molecular flexibility index (Phi) is 9.41. The SMILES string of the molecule is CCCCCC[C@H](NC(=O)[C@H](NC(C)=O)C(C)C)C(=O)O. The van der Waals surface area contributed by atoms with E-state index in [0.29, 0.717) is 6.42 Å². The van der Waals surface area contributed by atoms with E-state index >= 15 is 0 Å². The van der Waals surface area contributed by atoms with Gasteiger partial charge in [-0.2, -0.15) is 0 Å². The van der Waals surface area contributed by atoms with Crippen LogP contribution in [-0.2, 0) is 14.4 Å². The zero-order valence-corrected chi connectivity index (χ0v) is 13.4. The third kappa shape index (κ3) is 8.32. The quantitative estimate of drug-likeness (QED) is 0.535. The van der Waals surface area contributed by atoms with Gasteiger partial charge < -0.3 is 15.7 Å². The minimum absolute atomic E-state index is 0.108. The molecule has 0 heterocycles. The zero-order valence-electron chi connectivity index (χ0n) is 13.4. The third-order valence-electron chi connectivity index (χ3n) is 3.27. The minimum Gasteiger partial charge on any atom is -0.480 e. The third-order valence-corrected chi connectivity index (χ3v) is 3.27. The molecule has 122 valence electrons. The molecular weight excluding hydrogens is 272 g/mol. The van der Waals surface area contributed by atoms with E-state index in [-0.39, 0.29) is 11.8 Å². The van der Waals surface area contributed by atoms with Gasteiger partial charge in [-0.25, -0.2) is 4.79 Å². The van der Waals surface area contributed by atoms with E-state index in [0.717, 1.165) is 25.7 Å². The number of nitrogens with one attached hydrogen (secondary N) is 2. The molecule has 6 heteroatoms. The summed E-state index contributed by atoms with van der Waals surface area (Å²) in [5, 5.41) is 14.3. The molecule has 0 bridgehead atoms. The van der Waals surface area contributed by atoms with Crippen LogP contribution in [0.2, 0.25) is 0 Å². The van der Waals surface area contributed by atoms with Gasteiger partial charge in [0.15, 0.2) is 0 Å². The summed E-state index contributed by atoms with van der Waals surface area (Å²) in [6.07, 6.45) is 4.25. The van der Waals surface area contributed by atoms with Crippen LogP contribution in [0.4, 0.5) is 0 Å². The second kappa shape index (κ2) is 10.2. The summed E-state index contributed by atoms with van der Waals surface area (Å²) in [6.45, 7) is 7.02. The first kappa shape index (κ1) is 19.4. The van der Waals surface area contributed by atoms with Crippen LogP contribution in [0.1, 0.15) is 59.8 Å². The molecule has 3 N–H and O–H groups in total. The highest BCUT2D eigenvalue weighted by atomic mass is 16.4. The average molecular weight is 300 g/mol. The number of hydrogen-bond acceptors (Lipinski definition) is 3. The normalized spacial score (nSPS) is 13.6. The Hall–Kier alpha value is -1.59. The van der Waals surface area contributed by atoms with Crippen molar-refractivity contribution in [1.82, 2.24) is 10.6 Å². The van der Waals surface area contributed by atoms with Crippen molar-refractivity contribution in [1.29, 1.82) is 0 Å². The van der Waals surface area contributed by atoms with Crippen LogP contribution in [-0.4, -0.2) is 35.0 Å². The molecule has 0 aliphatic heterocycles. The summed E-state index contributed by atoms with van der Waals surface area (Å²) in [4.78, 5) is 34.5. The van der Waals surface area contributed by atoms with E-state index in [2.05, 4.69) is 17.6 Å². The smallest absolute Gasteiger partial charge is 0.326 e. The van der Waals surface area contributed by atoms with Gasteiger partial charge in [-0.15, -0.1) is 0 Å². The molecule has 0 saturated carbocycles. The van der Waals surface area contributed by atoms with Crippen molar-refractivity contribution in [3.8, 4) is 0 Å². The highest BCUT2D eigenvalue weighted by Crippen LogP contribution is 2.08. The molecule has 0 aromatic carbocycles. The van der Waals surface area contributed by atoms with E-state index in [1.165, 1.54) is 6.92 Å². The number of unbranched alkanes of at least 4 members (excludes halogenated alkanes) is 3. The van der Waals surface area contributed by atoms with Gasteiger partial charge in [0.05, 0.1) is 0 Å². The molecular formula is C15H28N2O4. The molecule has 21 heavy (non-hydrogen) atoms. The Balaban J connectivity index is 4.55. The topological polar surface area (TPSA) is 95.5 Å². The molecule has 2 amide bonds. The highest BCUT2D eigenvalue weighted by molar-refractivity contribution is 5.90. The molecule has 0 unspecified atom stereocenters. The minimum atomic E-state index is -1.04. The molecule has 0 saturated heterocycles. The Morgan fingerprint density at radius 3 is 2.10 bits per heavy atom. The molecule has 0 aromatic heterocycles. The fourth-order valence-corrected chi connectivity index (χ4v) is 2.05. The van der Waals surface area contributed by atoms with Crippen LogP contribution in [0.25, 0.3) is 0 Å². The monoisotopic (exact) mass is 300 g/mol. The largest absolute Gasteiger partial charge is 0.480 e. The summed E-state index contributed by atoms with van der Waals surface area (Å²) in [7, 11) is 0. The highest BCUT2D eigenvalue weighted by Gasteiger charge is 2.27. The van der Waals surface area contributed by atoms with E-state index in [1.54, 1.807) is 13.8 Å². The average Bonchev–Trinajstić information content (AvgIpc) is 2.38. The lowest BCUT2D eigenvalue weighted by atomic mass is 10.0. The molecule has 0 fully saturated rings. The lowest BCUT2D eigenvalue weighted by Crippen LogP contribution is -2.53. The van der Waals surface area contributed by atoms with Gasteiger partial charge >= 0.3 is 5.97 Å². The summed E-state index contributed by atoms with van der Waals surface area (Å²) in [6, 6.07) is -1.61. The van der Waals surface area contributed by atoms with Crippen LogP contribution in [0.5, 0.6) is 0 Å². The first-order valence-electron chi connectivity index (χ1n) is 7.59. The number of carboxylic acid groups (broad SMARTS) is 1. The van der Waals surface area contributed by atoms with Gasteiger partial charge in [-0.1, -0.05) is 46.5 Å². The van der Waals surface area contributed by atoms with Gasteiger partial charge in [0.25, 0.3) is 0 Å². The Morgan fingerprint density at radius 2 is 1.67 bits per heavy atom. The predicted octanol–water partition coefficient (Wildman–Crippen LogP) is 1.69. The second-order valence-corrected chi connectivity index (χ2v) is 5.67. The van der Waals surface area contributed by atoms with Crippen molar-refractivity contribution < 1.29 is 19.5 Å². The summed E-state index contributed by atoms with van der Waals surface area (Å²) >= 11 is 0. The Bertz CT molecular complexity index is 356. The van der Waals surface area contributed by atoms with Crippen molar-refractivity contribution in [3.05, 3.63) is 0 Å². The molecule has 0 rings (SSSR count). The summed E-state index contributed by atoms with van der Waals surface area (Å²) in [5.74, 6) is -1.89. The number of aliphatic carboxylic acids is 1. The van der Waals surface area contributed by atoms with E-state index < -0.39 is 24.0 Å². The standard InChI is InChI=1S/C15H28N2O4/c1-5-6-7-8-9-12(15(20)21)17-14(19)13(10(2)3)16-11(4)18/h10,12-13H,5-9H2,1-4H3,(H,16,18)(H,17,19)(H,20,21)/t12-,13+/m0/s1. The summed E-state index contributed by atoms with van der Waals surface area (Å²) < 4.78 is 0. The fourth-order valence-electron chi connectivity index (χ4n) is 2.05. The number of carboxylic acids is 1. The molecule has 0 radical (unpaired) electrons. The van der Waals surface area contributed by atoms with Crippen LogP contribution in [0, 0.1) is 5.92 Å². The Labute approximate surface area is 126 Å². The number of carbonyl (C=O) groups is 3. The van der Waals surface area contributed by atoms with Crippen molar-refractivity contribution in [2.45, 2.75) is 71.9 Å². The molecule has 0 spiro atoms. The van der Waals surface area contributed by atoms with E-state index in [9.17, 15) is 19.5 Å². The van der Waals surface area contributed by atoms with Gasteiger partial charge in [-0.05, 0) is 12.3 Å². The maximum Gasteiger partial charge on any atom is 0.326 e. The van der Waals surface area contributed by atoms with Crippen molar-refractivity contribution in [3.63, 3.8) is 0 Å². The first-order valence-corrected chi connectivity index (χ1v) is 7.59. The van der Waals surface area contributed by atoms with Crippen LogP contribution in [0.15, 0.2) is 0 Å². The fraction of sp³-hybridized carbons (Fsp3) is 0.800. The van der Waals surface area contributed by atoms with E-state index in [1.807, 2.05) is 0 Å². The lowest BCUT2D eigenvalue weighted by Gasteiger charge is -2.23. The maximum absolute atomic E-state index is 12.1. The number of rotatable bonds is 10. The predicted molar refractivity (Wildman–Crippen MR) is 80.8 cm³/mol. The van der Waals surface area contributed by atoms with Crippen LogP contribution >= 0.6 is 0 Å². The zero-order chi connectivity index (χ0) is 16.4. The van der Waals surface area contributed by atoms with E-state index in [4.69, 9.17) is 0 Å². The first-order chi connectivity index (χ1) is 9.79. The van der Waals surface area contributed by atoms with Crippen LogP contribution < -0.4 is 10.6 Å². The lowest BCUT2D eigenvalue weighted by molar-refractivity contribution is -0.142. The van der Waals surface area contributed by atoms with Crippen LogP contribution in [0.3, 0.4) is 0 Å². The molecule has 0 aromatic rings. The van der Waals surface area contributed by atoms with Gasteiger partial charge in [0, 0.05) is 6.92 Å². The maximum atomic E-state index is 12.1. The van der Waals surface area contributed by atoms with Crippen molar-refractivity contribution in [2.75, 3.05) is 0 Å². The molecule has 0 aliphatic rings. The summed E-state index contributed by atoms with van der Waals surface area (Å²) in [5.41, 5.74) is 0. The van der Waals surface area contributed by atoms with Crippen molar-refractivity contribution >= 4 is 17.8 Å². The molecule has 0 aliphatic carbocycles. The molecule has 2 atom stereocenters. The number of hydrogen-bond donors (Lipinski definition) is 3. The van der Waals surface area contributed by atoms with Gasteiger partial charge in [-0.3, -0.25) is 9.59 Å².